The van der Waals surface area contributed by atoms with E-state index in [1.165, 1.54) is 6.42 Å². The van der Waals surface area contributed by atoms with Gasteiger partial charge in [0.05, 0.1) is 0 Å². The molecule has 1 saturated carbocycles. The minimum Gasteiger partial charge on any atom is -0.370 e. The van der Waals surface area contributed by atoms with Crippen LogP contribution in [0.25, 0.3) is 0 Å². The number of terminal acetylenes is 1. The first-order valence-corrected chi connectivity index (χ1v) is 5.27. The summed E-state index contributed by atoms with van der Waals surface area (Å²) in [6.07, 6.45) is 11.3. The lowest BCUT2D eigenvalue weighted by molar-refractivity contribution is -0.144. The van der Waals surface area contributed by atoms with Gasteiger partial charge in [0.2, 0.25) is 0 Å². The van der Waals surface area contributed by atoms with Crippen LogP contribution >= 0.6 is 0 Å². The highest BCUT2D eigenvalue weighted by atomic mass is 16.5. The number of rotatable bonds is 4. The van der Waals surface area contributed by atoms with Crippen molar-refractivity contribution in [1.82, 2.24) is 0 Å². The van der Waals surface area contributed by atoms with Gasteiger partial charge in [-0.3, -0.25) is 4.79 Å². The molecule has 0 unspecified atom stereocenters. The van der Waals surface area contributed by atoms with Gasteiger partial charge in [0, 0.05) is 20.0 Å². The second kappa shape index (κ2) is 5.17. The molecule has 78 valence electrons. The molecule has 0 atom stereocenters. The SMILES string of the molecule is C#CCCC(=O)C1(OC)CCCCC1. The van der Waals surface area contributed by atoms with Crippen molar-refractivity contribution in [1.29, 1.82) is 0 Å². The summed E-state index contributed by atoms with van der Waals surface area (Å²) in [6.45, 7) is 0. The van der Waals surface area contributed by atoms with Crippen molar-refractivity contribution in [3.8, 4) is 12.3 Å². The third-order valence-electron chi connectivity index (χ3n) is 3.06. The lowest BCUT2D eigenvalue weighted by Crippen LogP contribution is -2.42. The number of carbonyl (C=O) groups excluding carboxylic acids is 1. The average molecular weight is 194 g/mol. The van der Waals surface area contributed by atoms with Crippen molar-refractivity contribution in [2.75, 3.05) is 7.11 Å². The van der Waals surface area contributed by atoms with E-state index in [9.17, 15) is 4.79 Å². The van der Waals surface area contributed by atoms with Crippen LogP contribution in [0, 0.1) is 12.3 Å². The summed E-state index contributed by atoms with van der Waals surface area (Å²) in [6, 6.07) is 0. The summed E-state index contributed by atoms with van der Waals surface area (Å²) in [5.74, 6) is 2.69. The molecular formula is C12H18O2. The van der Waals surface area contributed by atoms with Crippen molar-refractivity contribution in [2.45, 2.75) is 50.5 Å². The van der Waals surface area contributed by atoms with E-state index in [1.807, 2.05) is 0 Å². The zero-order valence-corrected chi connectivity index (χ0v) is 8.84. The van der Waals surface area contributed by atoms with E-state index in [-0.39, 0.29) is 5.78 Å². The Kier molecular flexibility index (Phi) is 4.16. The van der Waals surface area contributed by atoms with Crippen molar-refractivity contribution in [3.05, 3.63) is 0 Å². The molecule has 1 aliphatic rings. The molecular weight excluding hydrogens is 176 g/mol. The molecule has 0 N–H and O–H groups in total. The number of hydrogen-bond acceptors (Lipinski definition) is 2. The fraction of sp³-hybridized carbons (Fsp3) is 0.750. The molecule has 0 heterocycles. The molecule has 0 radical (unpaired) electrons. The molecule has 0 aromatic heterocycles. The largest absolute Gasteiger partial charge is 0.370 e. The molecule has 2 nitrogen and oxygen atoms in total. The summed E-state index contributed by atoms with van der Waals surface area (Å²) in [7, 11) is 1.64. The molecule has 0 bridgehead atoms. The van der Waals surface area contributed by atoms with Crippen LogP contribution in [0.5, 0.6) is 0 Å². The maximum absolute atomic E-state index is 11.9. The molecule has 0 aliphatic heterocycles. The topological polar surface area (TPSA) is 26.3 Å². The van der Waals surface area contributed by atoms with E-state index in [1.54, 1.807) is 7.11 Å². The van der Waals surface area contributed by atoms with Gasteiger partial charge >= 0.3 is 0 Å². The molecule has 0 aromatic rings. The lowest BCUT2D eigenvalue weighted by Gasteiger charge is -2.34. The van der Waals surface area contributed by atoms with E-state index in [0.717, 1.165) is 25.7 Å². The van der Waals surface area contributed by atoms with Crippen molar-refractivity contribution < 1.29 is 9.53 Å². The standard InChI is InChI=1S/C12H18O2/c1-3-4-8-11(13)12(14-2)9-6-5-7-10-12/h1H,4-10H2,2H3. The first-order chi connectivity index (χ1) is 6.75. The Morgan fingerprint density at radius 2 is 2.07 bits per heavy atom. The van der Waals surface area contributed by atoms with Gasteiger partial charge in [-0.25, -0.2) is 0 Å². The molecule has 1 rings (SSSR count). The van der Waals surface area contributed by atoms with Crippen molar-refractivity contribution in [3.63, 3.8) is 0 Å². The predicted molar refractivity (Wildman–Crippen MR) is 55.9 cm³/mol. The minimum absolute atomic E-state index is 0.192. The highest BCUT2D eigenvalue weighted by molar-refractivity contribution is 5.87. The minimum atomic E-state index is -0.505. The Hall–Kier alpha value is -0.810. The van der Waals surface area contributed by atoms with Gasteiger partial charge in [-0.05, 0) is 12.8 Å². The smallest absolute Gasteiger partial charge is 0.165 e. The Labute approximate surface area is 86.0 Å². The Bertz CT molecular complexity index is 231. The van der Waals surface area contributed by atoms with Gasteiger partial charge in [-0.15, -0.1) is 12.3 Å². The third-order valence-corrected chi connectivity index (χ3v) is 3.06. The fourth-order valence-corrected chi connectivity index (χ4v) is 2.13. The number of ketones is 1. The normalized spacial score (nSPS) is 20.0. The van der Waals surface area contributed by atoms with Gasteiger partial charge in [0.15, 0.2) is 5.78 Å². The first kappa shape index (κ1) is 11.3. The molecule has 0 saturated heterocycles. The molecule has 0 amide bonds. The number of carbonyl (C=O) groups is 1. The van der Waals surface area contributed by atoms with Crippen LogP contribution in [0.3, 0.4) is 0 Å². The van der Waals surface area contributed by atoms with Crippen LogP contribution in [0.1, 0.15) is 44.9 Å². The summed E-state index contributed by atoms with van der Waals surface area (Å²) < 4.78 is 5.42. The molecule has 0 aromatic carbocycles. The average Bonchev–Trinajstić information content (AvgIpc) is 2.26. The van der Waals surface area contributed by atoms with E-state index < -0.39 is 5.60 Å². The molecule has 1 fully saturated rings. The van der Waals surface area contributed by atoms with Crippen molar-refractivity contribution >= 4 is 5.78 Å². The maximum Gasteiger partial charge on any atom is 0.165 e. The number of methoxy groups -OCH3 is 1. The number of Topliss-reactive ketones (excluding diaryl/α,β-unsaturated/α-hetero) is 1. The number of hydrogen-bond donors (Lipinski definition) is 0. The van der Waals surface area contributed by atoms with Gasteiger partial charge in [0.1, 0.15) is 5.60 Å². The zero-order chi connectivity index (χ0) is 10.4. The first-order valence-electron chi connectivity index (χ1n) is 5.27. The highest BCUT2D eigenvalue weighted by Gasteiger charge is 2.38. The Balaban J connectivity index is 2.58. The molecule has 14 heavy (non-hydrogen) atoms. The zero-order valence-electron chi connectivity index (χ0n) is 8.84. The highest BCUT2D eigenvalue weighted by Crippen LogP contribution is 2.32. The van der Waals surface area contributed by atoms with Crippen LogP contribution in [-0.4, -0.2) is 18.5 Å². The number of ether oxygens (including phenoxy) is 1. The Morgan fingerprint density at radius 3 is 2.57 bits per heavy atom. The van der Waals surface area contributed by atoms with E-state index in [4.69, 9.17) is 11.2 Å². The predicted octanol–water partition coefficient (Wildman–Crippen LogP) is 2.32. The molecule has 0 spiro atoms. The quantitative estimate of drug-likeness (QED) is 0.642. The monoisotopic (exact) mass is 194 g/mol. The summed E-state index contributed by atoms with van der Waals surface area (Å²) in [4.78, 5) is 11.9. The summed E-state index contributed by atoms with van der Waals surface area (Å²) in [5, 5.41) is 0. The van der Waals surface area contributed by atoms with Crippen LogP contribution in [0.2, 0.25) is 0 Å². The van der Waals surface area contributed by atoms with Crippen LogP contribution in [-0.2, 0) is 9.53 Å². The van der Waals surface area contributed by atoms with Crippen LogP contribution in [0.15, 0.2) is 0 Å². The second-order valence-electron chi connectivity index (χ2n) is 3.89. The van der Waals surface area contributed by atoms with Crippen LogP contribution < -0.4 is 0 Å². The van der Waals surface area contributed by atoms with Crippen LogP contribution in [0.4, 0.5) is 0 Å². The van der Waals surface area contributed by atoms with Gasteiger partial charge < -0.3 is 4.74 Å². The van der Waals surface area contributed by atoms with Crippen molar-refractivity contribution in [2.24, 2.45) is 0 Å². The van der Waals surface area contributed by atoms with E-state index >= 15 is 0 Å². The summed E-state index contributed by atoms with van der Waals surface area (Å²) >= 11 is 0. The van der Waals surface area contributed by atoms with Gasteiger partial charge in [-0.2, -0.15) is 0 Å². The van der Waals surface area contributed by atoms with Gasteiger partial charge in [0.25, 0.3) is 0 Å². The molecule has 1 aliphatic carbocycles. The van der Waals surface area contributed by atoms with E-state index in [2.05, 4.69) is 5.92 Å². The third kappa shape index (κ3) is 2.36. The molecule has 2 heteroatoms. The maximum atomic E-state index is 11.9. The summed E-state index contributed by atoms with van der Waals surface area (Å²) in [5.41, 5.74) is -0.505. The second-order valence-corrected chi connectivity index (χ2v) is 3.89. The Morgan fingerprint density at radius 1 is 1.43 bits per heavy atom. The lowest BCUT2D eigenvalue weighted by atomic mass is 9.80. The fourth-order valence-electron chi connectivity index (χ4n) is 2.13. The van der Waals surface area contributed by atoms with E-state index in [0.29, 0.717) is 12.8 Å². The van der Waals surface area contributed by atoms with Gasteiger partial charge in [-0.1, -0.05) is 19.3 Å².